The minimum atomic E-state index is -0.437. The molecule has 1 fully saturated rings. The lowest BCUT2D eigenvalue weighted by atomic mass is 10.1. The van der Waals surface area contributed by atoms with E-state index in [1.165, 1.54) is 16.8 Å². The smallest absolute Gasteiger partial charge is 0.265 e. The van der Waals surface area contributed by atoms with Crippen LogP contribution in [0.25, 0.3) is 16.6 Å². The third kappa shape index (κ3) is 3.39. The number of aromatic nitrogens is 4. The van der Waals surface area contributed by atoms with Gasteiger partial charge < -0.3 is 0 Å². The molecule has 0 atom stereocenters. The van der Waals surface area contributed by atoms with Gasteiger partial charge in [-0.3, -0.25) is 14.9 Å². The van der Waals surface area contributed by atoms with Crippen LogP contribution < -0.4 is 5.56 Å². The molecule has 8 heteroatoms. The zero-order chi connectivity index (χ0) is 21.7. The molecule has 31 heavy (non-hydrogen) atoms. The Bertz CT molecular complexity index is 1380. The average molecular weight is 415 g/mol. The van der Waals surface area contributed by atoms with Gasteiger partial charge in [-0.05, 0) is 43.9 Å². The van der Waals surface area contributed by atoms with E-state index in [0.29, 0.717) is 11.4 Å². The van der Waals surface area contributed by atoms with Gasteiger partial charge in [0.2, 0.25) is 0 Å². The van der Waals surface area contributed by atoms with E-state index in [-0.39, 0.29) is 17.8 Å². The van der Waals surface area contributed by atoms with Crippen molar-refractivity contribution in [3.63, 3.8) is 0 Å². The minimum absolute atomic E-state index is 0.0195. The lowest BCUT2D eigenvalue weighted by molar-refractivity contribution is -0.384. The zero-order valence-corrected chi connectivity index (χ0v) is 17.3. The van der Waals surface area contributed by atoms with Gasteiger partial charge in [0.25, 0.3) is 11.2 Å². The molecular weight excluding hydrogens is 394 g/mol. The van der Waals surface area contributed by atoms with Crippen molar-refractivity contribution in [2.45, 2.75) is 39.2 Å². The van der Waals surface area contributed by atoms with Crippen LogP contribution in [0.4, 0.5) is 5.69 Å². The summed E-state index contributed by atoms with van der Waals surface area (Å²) in [6, 6.07) is 12.3. The molecule has 156 valence electrons. The van der Waals surface area contributed by atoms with E-state index in [1.54, 1.807) is 23.0 Å². The summed E-state index contributed by atoms with van der Waals surface area (Å²) in [6.07, 6.45) is 3.84. The maximum Gasteiger partial charge on any atom is 0.293 e. The number of nitro groups is 1. The second-order valence-electron chi connectivity index (χ2n) is 8.15. The van der Waals surface area contributed by atoms with Crippen LogP contribution in [0.2, 0.25) is 0 Å². The third-order valence-electron chi connectivity index (χ3n) is 5.73. The van der Waals surface area contributed by atoms with Crippen molar-refractivity contribution < 1.29 is 4.92 Å². The Labute approximate surface area is 177 Å². The Morgan fingerprint density at radius 2 is 1.87 bits per heavy atom. The molecule has 2 aromatic heterocycles. The van der Waals surface area contributed by atoms with Crippen LogP contribution in [0.5, 0.6) is 0 Å². The fraction of sp³-hybridized carbons (Fsp3) is 0.261. The maximum atomic E-state index is 13.5. The van der Waals surface area contributed by atoms with Crippen molar-refractivity contribution in [1.29, 1.82) is 0 Å². The van der Waals surface area contributed by atoms with Crippen molar-refractivity contribution in [2.24, 2.45) is 0 Å². The fourth-order valence-electron chi connectivity index (χ4n) is 3.98. The lowest BCUT2D eigenvalue weighted by Gasteiger charge is -2.11. The Kier molecular flexibility index (Phi) is 4.43. The number of rotatable bonds is 5. The Morgan fingerprint density at radius 1 is 1.13 bits per heavy atom. The summed E-state index contributed by atoms with van der Waals surface area (Å²) in [5.74, 6) is 0.336. The van der Waals surface area contributed by atoms with Gasteiger partial charge in [0, 0.05) is 23.4 Å². The molecule has 0 unspecified atom stereocenters. The summed E-state index contributed by atoms with van der Waals surface area (Å²) < 4.78 is 3.17. The molecule has 0 spiro atoms. The van der Waals surface area contributed by atoms with Gasteiger partial charge in [-0.15, -0.1) is 0 Å². The van der Waals surface area contributed by atoms with Crippen molar-refractivity contribution in [1.82, 2.24) is 19.6 Å². The van der Waals surface area contributed by atoms with E-state index in [2.05, 4.69) is 16.3 Å². The van der Waals surface area contributed by atoms with Gasteiger partial charge in [0.1, 0.15) is 5.52 Å². The van der Waals surface area contributed by atoms with Gasteiger partial charge in [-0.1, -0.05) is 29.8 Å². The van der Waals surface area contributed by atoms with E-state index in [9.17, 15) is 14.9 Å². The topological polar surface area (TPSA) is 95.8 Å². The van der Waals surface area contributed by atoms with Crippen LogP contribution in [0, 0.1) is 24.0 Å². The van der Waals surface area contributed by atoms with Crippen molar-refractivity contribution in [3.05, 3.63) is 91.5 Å². The van der Waals surface area contributed by atoms with Gasteiger partial charge in [-0.25, -0.2) is 9.36 Å². The standard InChI is InChI=1S/C23H21N5O3/c1-14-3-10-20(15(2)11-14)27-22-19(12-24-27)21(17-6-7-17)25-26(23(22)29)13-16-4-8-18(9-5-16)28(30)31/h3-5,8-12,17H,6-7,13H2,1-2H3. The third-order valence-corrected chi connectivity index (χ3v) is 5.73. The summed E-state index contributed by atoms with van der Waals surface area (Å²) >= 11 is 0. The molecule has 5 rings (SSSR count). The molecule has 0 N–H and O–H groups in total. The zero-order valence-electron chi connectivity index (χ0n) is 17.3. The number of non-ortho nitro benzene ring substituents is 1. The van der Waals surface area contributed by atoms with Gasteiger partial charge in [0.15, 0.2) is 0 Å². The summed E-state index contributed by atoms with van der Waals surface area (Å²) in [5, 5.41) is 20.9. The highest BCUT2D eigenvalue weighted by atomic mass is 16.6. The van der Waals surface area contributed by atoms with Crippen LogP contribution in [-0.2, 0) is 6.54 Å². The van der Waals surface area contributed by atoms with E-state index in [1.807, 2.05) is 26.0 Å². The molecule has 8 nitrogen and oxygen atoms in total. The van der Waals surface area contributed by atoms with E-state index in [4.69, 9.17) is 0 Å². The van der Waals surface area contributed by atoms with Crippen LogP contribution in [0.15, 0.2) is 53.5 Å². The molecule has 2 aromatic carbocycles. The van der Waals surface area contributed by atoms with Gasteiger partial charge >= 0.3 is 0 Å². The van der Waals surface area contributed by atoms with Crippen LogP contribution >= 0.6 is 0 Å². The number of hydrogen-bond acceptors (Lipinski definition) is 5. The van der Waals surface area contributed by atoms with Crippen molar-refractivity contribution in [3.8, 4) is 5.69 Å². The maximum absolute atomic E-state index is 13.5. The quantitative estimate of drug-likeness (QED) is 0.362. The number of nitro benzene ring substituents is 1. The molecule has 0 saturated heterocycles. The molecular formula is C23H21N5O3. The first kappa shape index (κ1) is 19.2. The number of hydrogen-bond donors (Lipinski definition) is 0. The predicted octanol–water partition coefficient (Wildman–Crippen LogP) is 4.03. The predicted molar refractivity (Wildman–Crippen MR) is 117 cm³/mol. The molecule has 0 radical (unpaired) electrons. The van der Waals surface area contributed by atoms with E-state index in [0.717, 1.165) is 46.3 Å². The highest BCUT2D eigenvalue weighted by molar-refractivity contribution is 5.82. The van der Waals surface area contributed by atoms with Crippen LogP contribution in [0.1, 0.15) is 41.1 Å². The van der Waals surface area contributed by atoms with Gasteiger partial charge in [0.05, 0.1) is 29.0 Å². The van der Waals surface area contributed by atoms with E-state index >= 15 is 0 Å². The minimum Gasteiger partial charge on any atom is -0.265 e. The normalized spacial score (nSPS) is 13.6. The first-order valence-electron chi connectivity index (χ1n) is 10.2. The number of fused-ring (bicyclic) bond motifs is 1. The second kappa shape index (κ2) is 7.16. The Morgan fingerprint density at radius 3 is 2.52 bits per heavy atom. The highest BCUT2D eigenvalue weighted by Crippen LogP contribution is 2.41. The molecule has 0 amide bonds. The molecule has 2 heterocycles. The number of aryl methyl sites for hydroxylation is 2. The summed E-state index contributed by atoms with van der Waals surface area (Å²) in [4.78, 5) is 23.9. The van der Waals surface area contributed by atoms with Crippen LogP contribution in [-0.4, -0.2) is 24.5 Å². The molecule has 1 saturated carbocycles. The molecule has 4 aromatic rings. The van der Waals surface area contributed by atoms with Crippen LogP contribution in [0.3, 0.4) is 0 Å². The Hall–Kier alpha value is -3.81. The SMILES string of the molecule is Cc1ccc(-n2ncc3c(C4CC4)nn(Cc4ccc([N+](=O)[O-])cc4)c(=O)c32)c(C)c1. The summed E-state index contributed by atoms with van der Waals surface area (Å²) in [6.45, 7) is 4.28. The lowest BCUT2D eigenvalue weighted by Crippen LogP contribution is -2.26. The monoisotopic (exact) mass is 415 g/mol. The first-order chi connectivity index (χ1) is 14.9. The van der Waals surface area contributed by atoms with Gasteiger partial charge in [-0.2, -0.15) is 10.2 Å². The number of nitrogens with zero attached hydrogens (tertiary/aromatic N) is 5. The second-order valence-corrected chi connectivity index (χ2v) is 8.15. The molecule has 1 aliphatic carbocycles. The average Bonchev–Trinajstić information content (AvgIpc) is 3.49. The molecule has 1 aliphatic rings. The molecule has 0 bridgehead atoms. The summed E-state index contributed by atoms with van der Waals surface area (Å²) in [7, 11) is 0. The highest BCUT2D eigenvalue weighted by Gasteiger charge is 2.30. The molecule has 0 aliphatic heterocycles. The summed E-state index contributed by atoms with van der Waals surface area (Å²) in [5.41, 5.74) is 5.04. The van der Waals surface area contributed by atoms with Crippen molar-refractivity contribution >= 4 is 16.6 Å². The largest absolute Gasteiger partial charge is 0.293 e. The fourth-order valence-corrected chi connectivity index (χ4v) is 3.98. The van der Waals surface area contributed by atoms with Crippen molar-refractivity contribution in [2.75, 3.05) is 0 Å². The Balaban J connectivity index is 1.66. The number of benzene rings is 2. The van der Waals surface area contributed by atoms with E-state index < -0.39 is 4.92 Å². The first-order valence-corrected chi connectivity index (χ1v) is 10.2.